The Labute approximate surface area is 147 Å². The number of alkyl halides is 1. The minimum Gasteiger partial charge on any atom is -0.289 e. The third kappa shape index (κ3) is 3.27. The number of rotatable bonds is 4. The van der Waals surface area contributed by atoms with Crippen LogP contribution in [0.5, 0.6) is 0 Å². The van der Waals surface area contributed by atoms with Crippen molar-refractivity contribution in [3.8, 4) is 11.1 Å². The highest BCUT2D eigenvalue weighted by atomic mass is 35.5. The Morgan fingerprint density at radius 3 is 2.60 bits per heavy atom. The highest BCUT2D eigenvalue weighted by Gasteiger charge is 2.17. The van der Waals surface area contributed by atoms with E-state index in [4.69, 9.17) is 11.6 Å². The third-order valence-corrected chi connectivity index (χ3v) is 4.80. The first-order valence-corrected chi connectivity index (χ1v) is 9.51. The van der Waals surface area contributed by atoms with Gasteiger partial charge in [-0.3, -0.25) is 9.36 Å². The molecule has 0 saturated heterocycles. The predicted molar refractivity (Wildman–Crippen MR) is 93.3 cm³/mol. The first-order chi connectivity index (χ1) is 11.8. The molecule has 0 aliphatic rings. The molecule has 9 heteroatoms. The summed E-state index contributed by atoms with van der Waals surface area (Å²) in [4.78, 5) is 20.6. The lowest BCUT2D eigenvalue weighted by Gasteiger charge is -2.12. The maximum Gasteiger partial charge on any atom is 0.260 e. The highest BCUT2D eigenvalue weighted by molar-refractivity contribution is 7.90. The molecule has 0 bridgehead atoms. The molecule has 0 atom stereocenters. The van der Waals surface area contributed by atoms with Gasteiger partial charge in [0.25, 0.3) is 5.56 Å². The fourth-order valence-electron chi connectivity index (χ4n) is 2.49. The second-order valence-electron chi connectivity index (χ2n) is 5.39. The van der Waals surface area contributed by atoms with E-state index < -0.39 is 27.2 Å². The highest BCUT2D eigenvalue weighted by Crippen LogP contribution is 2.27. The molecule has 0 amide bonds. The van der Waals surface area contributed by atoms with Gasteiger partial charge in [-0.1, -0.05) is 29.8 Å². The van der Waals surface area contributed by atoms with E-state index in [1.54, 1.807) is 24.3 Å². The molecule has 130 valence electrons. The summed E-state index contributed by atoms with van der Waals surface area (Å²) in [7, 11) is -3.66. The molecule has 0 radical (unpaired) electrons. The van der Waals surface area contributed by atoms with Crippen LogP contribution in [0.2, 0.25) is 5.02 Å². The number of benzene rings is 1. The maximum absolute atomic E-state index is 13.0. The van der Waals surface area contributed by atoms with Gasteiger partial charge in [0.15, 0.2) is 0 Å². The zero-order chi connectivity index (χ0) is 18.2. The van der Waals surface area contributed by atoms with Crippen LogP contribution in [0.3, 0.4) is 0 Å². The first-order valence-electron chi connectivity index (χ1n) is 7.24. The molecule has 0 aliphatic carbocycles. The van der Waals surface area contributed by atoms with Gasteiger partial charge < -0.3 is 0 Å². The Morgan fingerprint density at radius 2 is 1.96 bits per heavy atom. The number of aromatic nitrogens is 3. The predicted octanol–water partition coefficient (Wildman–Crippen LogP) is 2.48. The lowest BCUT2D eigenvalue weighted by molar-refractivity contribution is 0.445. The summed E-state index contributed by atoms with van der Waals surface area (Å²) in [5.74, 6) is 0. The van der Waals surface area contributed by atoms with Crippen molar-refractivity contribution in [2.24, 2.45) is 0 Å². The third-order valence-electron chi connectivity index (χ3n) is 3.61. The van der Waals surface area contributed by atoms with Crippen LogP contribution in [0, 0.1) is 0 Å². The lowest BCUT2D eigenvalue weighted by Crippen LogP contribution is -2.24. The van der Waals surface area contributed by atoms with Gasteiger partial charge in [0.1, 0.15) is 12.3 Å². The lowest BCUT2D eigenvalue weighted by atomic mass is 10.1. The fourth-order valence-corrected chi connectivity index (χ4v) is 3.22. The molecule has 2 heterocycles. The normalized spacial score (nSPS) is 11.8. The van der Waals surface area contributed by atoms with Gasteiger partial charge >= 0.3 is 0 Å². The number of pyridine rings is 1. The Bertz CT molecular complexity index is 1130. The topological polar surface area (TPSA) is 81.9 Å². The summed E-state index contributed by atoms with van der Waals surface area (Å²) >= 11 is 6.16. The molecule has 0 saturated carbocycles. The van der Waals surface area contributed by atoms with Crippen LogP contribution in [0.25, 0.3) is 22.2 Å². The van der Waals surface area contributed by atoms with Crippen molar-refractivity contribution in [1.82, 2.24) is 14.5 Å². The summed E-state index contributed by atoms with van der Waals surface area (Å²) in [6, 6.07) is 8.31. The number of nitrogens with zero attached hydrogens (tertiary/aromatic N) is 3. The number of fused-ring (bicyclic) bond motifs is 1. The summed E-state index contributed by atoms with van der Waals surface area (Å²) in [5, 5.41) is 0.368. The maximum atomic E-state index is 13.0. The smallest absolute Gasteiger partial charge is 0.260 e. The Balaban J connectivity index is 2.39. The van der Waals surface area contributed by atoms with Gasteiger partial charge in [0.05, 0.1) is 6.54 Å². The van der Waals surface area contributed by atoms with E-state index in [1.165, 1.54) is 12.3 Å². The first kappa shape index (κ1) is 17.5. The molecule has 6 nitrogen and oxygen atoms in total. The largest absolute Gasteiger partial charge is 0.289 e. The number of hydrogen-bond acceptors (Lipinski definition) is 5. The molecule has 3 aromatic rings. The summed E-state index contributed by atoms with van der Waals surface area (Å²) < 4.78 is 37.4. The van der Waals surface area contributed by atoms with E-state index in [-0.39, 0.29) is 17.8 Å². The monoisotopic (exact) mass is 381 g/mol. The molecule has 25 heavy (non-hydrogen) atoms. The van der Waals surface area contributed by atoms with Crippen molar-refractivity contribution in [2.75, 3.05) is 12.9 Å². The van der Waals surface area contributed by atoms with Crippen molar-refractivity contribution in [3.05, 3.63) is 51.9 Å². The van der Waals surface area contributed by atoms with Crippen molar-refractivity contribution in [3.63, 3.8) is 0 Å². The Morgan fingerprint density at radius 1 is 1.24 bits per heavy atom. The van der Waals surface area contributed by atoms with Gasteiger partial charge in [-0.15, -0.1) is 0 Å². The SMILES string of the molecule is CS(=O)(=O)c1ncc2cc(-c3ccccc3Cl)c(=O)n(CCF)c2n1. The van der Waals surface area contributed by atoms with Crippen LogP contribution in [0.4, 0.5) is 4.39 Å². The fraction of sp³-hybridized carbons (Fsp3) is 0.188. The van der Waals surface area contributed by atoms with Gasteiger partial charge in [0, 0.05) is 34.0 Å². The van der Waals surface area contributed by atoms with Crippen LogP contribution in [-0.2, 0) is 16.4 Å². The van der Waals surface area contributed by atoms with Crippen molar-refractivity contribution in [1.29, 1.82) is 0 Å². The average Bonchev–Trinajstić information content (AvgIpc) is 2.56. The molecular formula is C16H13ClFN3O3S. The van der Waals surface area contributed by atoms with E-state index in [0.717, 1.165) is 10.8 Å². The van der Waals surface area contributed by atoms with Crippen molar-refractivity contribution in [2.45, 2.75) is 11.7 Å². The minimum absolute atomic E-state index is 0.0638. The van der Waals surface area contributed by atoms with Crippen LogP contribution in [-0.4, -0.2) is 35.9 Å². The van der Waals surface area contributed by atoms with Crippen LogP contribution in [0.1, 0.15) is 0 Å². The molecule has 0 fully saturated rings. The second-order valence-corrected chi connectivity index (χ2v) is 7.70. The van der Waals surface area contributed by atoms with E-state index >= 15 is 0 Å². The van der Waals surface area contributed by atoms with Gasteiger partial charge in [0.2, 0.25) is 15.0 Å². The molecule has 0 aliphatic heterocycles. The zero-order valence-electron chi connectivity index (χ0n) is 13.1. The summed E-state index contributed by atoms with van der Waals surface area (Å²) in [5.41, 5.74) is 0.323. The minimum atomic E-state index is -3.66. The van der Waals surface area contributed by atoms with Crippen LogP contribution >= 0.6 is 11.6 Å². The van der Waals surface area contributed by atoms with Gasteiger partial charge in [-0.2, -0.15) is 4.98 Å². The Hall–Kier alpha value is -2.32. The molecule has 0 unspecified atom stereocenters. The second kappa shape index (κ2) is 6.53. The zero-order valence-corrected chi connectivity index (χ0v) is 14.7. The summed E-state index contributed by atoms with van der Waals surface area (Å²) in [6.07, 6.45) is 2.26. The quantitative estimate of drug-likeness (QED) is 0.648. The number of sulfone groups is 1. The van der Waals surface area contributed by atoms with Crippen molar-refractivity contribution < 1.29 is 12.8 Å². The van der Waals surface area contributed by atoms with E-state index in [2.05, 4.69) is 9.97 Å². The molecule has 2 aromatic heterocycles. The molecule has 1 aromatic carbocycles. The van der Waals surface area contributed by atoms with Crippen LogP contribution < -0.4 is 5.56 Å². The molecule has 3 rings (SSSR count). The summed E-state index contributed by atoms with van der Waals surface area (Å²) in [6.45, 7) is -1.06. The average molecular weight is 382 g/mol. The van der Waals surface area contributed by atoms with Crippen molar-refractivity contribution >= 4 is 32.5 Å². The number of halogens is 2. The molecule has 0 spiro atoms. The van der Waals surface area contributed by atoms with E-state index in [1.807, 2.05) is 0 Å². The van der Waals surface area contributed by atoms with Crippen LogP contribution in [0.15, 0.2) is 46.5 Å². The van der Waals surface area contributed by atoms with Gasteiger partial charge in [-0.25, -0.2) is 17.8 Å². The molecule has 0 N–H and O–H groups in total. The Kier molecular flexibility index (Phi) is 4.57. The number of hydrogen-bond donors (Lipinski definition) is 0. The standard InChI is InChI=1S/C16H13ClFN3O3S/c1-25(23,24)16-19-9-10-8-12(11-4-2-3-5-13(11)17)15(22)21(7-6-18)14(10)20-16/h2-5,8-9H,6-7H2,1H3. The molecular weight excluding hydrogens is 369 g/mol. The number of aryl methyl sites for hydroxylation is 1. The van der Waals surface area contributed by atoms with E-state index in [0.29, 0.717) is 16.0 Å². The van der Waals surface area contributed by atoms with E-state index in [9.17, 15) is 17.6 Å². The van der Waals surface area contributed by atoms with Gasteiger partial charge in [-0.05, 0) is 12.1 Å².